The molecule has 0 bridgehead atoms. The van der Waals surface area contributed by atoms with Gasteiger partial charge in [0.05, 0.1) is 0 Å². The van der Waals surface area contributed by atoms with Crippen LogP contribution in [-0.2, 0) is 0 Å². The van der Waals surface area contributed by atoms with Crippen molar-refractivity contribution in [2.45, 2.75) is 12.5 Å². The van der Waals surface area contributed by atoms with E-state index in [1.807, 2.05) is 103 Å². The molecule has 148 valence electrons. The Morgan fingerprint density at radius 3 is 1.83 bits per heavy atom. The van der Waals surface area contributed by atoms with Crippen LogP contribution >= 0.6 is 0 Å². The number of anilines is 1. The Kier molecular flexibility index (Phi) is 5.97. The van der Waals surface area contributed by atoms with Crippen LogP contribution in [0.25, 0.3) is 0 Å². The molecule has 4 heteroatoms. The van der Waals surface area contributed by atoms with Crippen molar-refractivity contribution < 1.29 is 9.59 Å². The van der Waals surface area contributed by atoms with E-state index in [0.717, 1.165) is 5.69 Å². The number of hydrogen-bond acceptors (Lipinski definition) is 4. The van der Waals surface area contributed by atoms with E-state index in [1.54, 1.807) is 0 Å². The van der Waals surface area contributed by atoms with Crippen LogP contribution in [0.1, 0.15) is 32.7 Å². The fourth-order valence-corrected chi connectivity index (χ4v) is 3.29. The number of nitrogens with one attached hydrogen (secondary N) is 2. The van der Waals surface area contributed by atoms with Crippen molar-refractivity contribution in [3.8, 4) is 0 Å². The molecule has 0 spiro atoms. The molecule has 1 atom stereocenters. The Bertz CT molecular complexity index is 1080. The lowest BCUT2D eigenvalue weighted by Crippen LogP contribution is -2.33. The normalized spacial score (nSPS) is 15.3. The monoisotopic (exact) mass is 394 g/mol. The van der Waals surface area contributed by atoms with Crippen molar-refractivity contribution in [1.29, 1.82) is 0 Å². The number of carbonyl (C=O) groups is 2. The lowest BCUT2D eigenvalue weighted by atomic mass is 9.96. The third-order valence-corrected chi connectivity index (χ3v) is 4.98. The van der Waals surface area contributed by atoms with Crippen molar-refractivity contribution in [1.82, 2.24) is 5.43 Å². The van der Waals surface area contributed by atoms with Gasteiger partial charge in [-0.2, -0.15) is 0 Å². The van der Waals surface area contributed by atoms with Crippen LogP contribution in [0.4, 0.5) is 5.69 Å². The molecule has 0 aliphatic heterocycles. The van der Waals surface area contributed by atoms with Gasteiger partial charge < -0.3 is 5.43 Å². The summed E-state index contributed by atoms with van der Waals surface area (Å²) in [6.45, 7) is 0. The second-order valence-electron chi connectivity index (χ2n) is 7.10. The molecule has 0 aromatic heterocycles. The molecule has 0 amide bonds. The highest BCUT2D eigenvalue weighted by Gasteiger charge is 2.15. The highest BCUT2D eigenvalue weighted by Crippen LogP contribution is 2.17. The molecular formula is C26H22N2O2. The van der Waals surface area contributed by atoms with Crippen LogP contribution in [0.3, 0.4) is 0 Å². The molecule has 30 heavy (non-hydrogen) atoms. The number of hydrazine groups is 1. The zero-order chi connectivity index (χ0) is 20.8. The SMILES string of the molecule is O=C(C1=CCC(NNc2ccc(C(=O)c3ccccc3)cc2)C=C1)c1ccccc1. The van der Waals surface area contributed by atoms with E-state index in [0.29, 0.717) is 28.7 Å². The van der Waals surface area contributed by atoms with Gasteiger partial charge in [-0.25, -0.2) is 5.43 Å². The molecule has 0 radical (unpaired) electrons. The molecule has 0 heterocycles. The van der Waals surface area contributed by atoms with Gasteiger partial charge in [0, 0.05) is 34.0 Å². The van der Waals surface area contributed by atoms with E-state index in [1.165, 1.54) is 0 Å². The van der Waals surface area contributed by atoms with E-state index in [9.17, 15) is 9.59 Å². The summed E-state index contributed by atoms with van der Waals surface area (Å²) < 4.78 is 0. The predicted molar refractivity (Wildman–Crippen MR) is 119 cm³/mol. The molecule has 2 N–H and O–H groups in total. The smallest absolute Gasteiger partial charge is 0.193 e. The van der Waals surface area contributed by atoms with Crippen molar-refractivity contribution in [3.63, 3.8) is 0 Å². The van der Waals surface area contributed by atoms with Gasteiger partial charge in [-0.1, -0.05) is 78.9 Å². The van der Waals surface area contributed by atoms with E-state index in [-0.39, 0.29) is 17.6 Å². The molecule has 0 saturated carbocycles. The van der Waals surface area contributed by atoms with Gasteiger partial charge in [-0.15, -0.1) is 0 Å². The van der Waals surface area contributed by atoms with Gasteiger partial charge in [0.15, 0.2) is 11.6 Å². The Morgan fingerprint density at radius 1 is 0.700 bits per heavy atom. The van der Waals surface area contributed by atoms with Gasteiger partial charge in [0.25, 0.3) is 0 Å². The van der Waals surface area contributed by atoms with Gasteiger partial charge in [-0.05, 0) is 30.7 Å². The quantitative estimate of drug-likeness (QED) is 0.439. The van der Waals surface area contributed by atoms with Crippen LogP contribution in [0.15, 0.2) is 109 Å². The average Bonchev–Trinajstić information content (AvgIpc) is 2.83. The minimum atomic E-state index is 0.00562. The molecule has 0 fully saturated rings. The highest BCUT2D eigenvalue weighted by molar-refractivity contribution is 6.10. The zero-order valence-electron chi connectivity index (χ0n) is 16.4. The Labute approximate surface area is 175 Å². The second kappa shape index (κ2) is 9.16. The topological polar surface area (TPSA) is 58.2 Å². The molecule has 1 unspecified atom stereocenters. The van der Waals surface area contributed by atoms with Crippen molar-refractivity contribution in [3.05, 3.63) is 125 Å². The lowest BCUT2D eigenvalue weighted by molar-refractivity contribution is 0.103. The van der Waals surface area contributed by atoms with Gasteiger partial charge in [0.2, 0.25) is 0 Å². The highest BCUT2D eigenvalue weighted by atomic mass is 16.1. The van der Waals surface area contributed by atoms with E-state index in [2.05, 4.69) is 10.9 Å². The number of allylic oxidation sites excluding steroid dienone is 2. The first-order valence-electron chi connectivity index (χ1n) is 9.90. The third kappa shape index (κ3) is 4.62. The summed E-state index contributed by atoms with van der Waals surface area (Å²) >= 11 is 0. The fraction of sp³-hybridized carbons (Fsp3) is 0.0769. The number of hydrogen-bond donors (Lipinski definition) is 2. The van der Waals surface area contributed by atoms with Crippen LogP contribution in [0, 0.1) is 0 Å². The number of benzene rings is 3. The van der Waals surface area contributed by atoms with E-state index < -0.39 is 0 Å². The summed E-state index contributed by atoms with van der Waals surface area (Å²) in [5, 5.41) is 0. The van der Waals surface area contributed by atoms with Crippen molar-refractivity contribution >= 4 is 17.3 Å². The molecule has 4 nitrogen and oxygen atoms in total. The number of rotatable bonds is 7. The summed E-state index contributed by atoms with van der Waals surface area (Å²) in [4.78, 5) is 25.0. The molecule has 0 saturated heterocycles. The molecular weight excluding hydrogens is 372 g/mol. The van der Waals surface area contributed by atoms with E-state index >= 15 is 0 Å². The number of carbonyl (C=O) groups excluding carboxylic acids is 2. The van der Waals surface area contributed by atoms with Gasteiger partial charge in [0.1, 0.15) is 0 Å². The predicted octanol–water partition coefficient (Wildman–Crippen LogP) is 4.97. The first kappa shape index (κ1) is 19.6. The molecule has 3 aromatic rings. The number of Topliss-reactive ketones (excluding diaryl/α,β-unsaturated/α-hetero) is 1. The first-order chi connectivity index (χ1) is 14.7. The Hall–Kier alpha value is -3.76. The minimum Gasteiger partial charge on any atom is -0.321 e. The summed E-state index contributed by atoms with van der Waals surface area (Å²) in [6.07, 6.45) is 6.51. The third-order valence-electron chi connectivity index (χ3n) is 4.98. The van der Waals surface area contributed by atoms with Crippen molar-refractivity contribution in [2.24, 2.45) is 0 Å². The summed E-state index contributed by atoms with van der Waals surface area (Å²) in [6, 6.07) is 26.0. The number of ketones is 2. The van der Waals surface area contributed by atoms with Gasteiger partial charge >= 0.3 is 0 Å². The fourth-order valence-electron chi connectivity index (χ4n) is 3.29. The molecule has 1 aliphatic rings. The van der Waals surface area contributed by atoms with Crippen LogP contribution in [0.2, 0.25) is 0 Å². The maximum Gasteiger partial charge on any atom is 0.193 e. The lowest BCUT2D eigenvalue weighted by Gasteiger charge is -2.19. The minimum absolute atomic E-state index is 0.00562. The van der Waals surface area contributed by atoms with Crippen LogP contribution in [0.5, 0.6) is 0 Å². The second-order valence-corrected chi connectivity index (χ2v) is 7.10. The average molecular weight is 394 g/mol. The van der Waals surface area contributed by atoms with Crippen LogP contribution in [-0.4, -0.2) is 17.6 Å². The standard InChI is InChI=1S/C26H22N2O2/c29-25(19-7-3-1-4-8-19)21-11-15-23(16-12-21)27-28-24-17-13-22(14-18-24)26(30)20-9-5-2-6-10-20/h1-17,24,27-28H,18H2. The largest absolute Gasteiger partial charge is 0.321 e. The molecule has 1 aliphatic carbocycles. The molecule has 4 rings (SSSR count). The Morgan fingerprint density at radius 2 is 1.27 bits per heavy atom. The first-order valence-corrected chi connectivity index (χ1v) is 9.90. The maximum atomic E-state index is 12.5. The summed E-state index contributed by atoms with van der Waals surface area (Å²) in [7, 11) is 0. The van der Waals surface area contributed by atoms with Gasteiger partial charge in [-0.3, -0.25) is 9.59 Å². The summed E-state index contributed by atoms with van der Waals surface area (Å²) in [5.41, 5.74) is 10.0. The Balaban J connectivity index is 1.31. The van der Waals surface area contributed by atoms with E-state index in [4.69, 9.17) is 0 Å². The van der Waals surface area contributed by atoms with Crippen molar-refractivity contribution in [2.75, 3.05) is 5.43 Å². The zero-order valence-corrected chi connectivity index (χ0v) is 16.4. The maximum absolute atomic E-state index is 12.5. The molecule has 3 aromatic carbocycles. The van der Waals surface area contributed by atoms with Crippen LogP contribution < -0.4 is 10.9 Å². The summed E-state index contributed by atoms with van der Waals surface area (Å²) in [5.74, 6) is 0.0444.